The monoisotopic (exact) mass is 268 g/mol. The second kappa shape index (κ2) is 6.87. The van der Waals surface area contributed by atoms with E-state index in [4.69, 9.17) is 10.5 Å². The minimum atomic E-state index is -0.248. The molecule has 0 saturated heterocycles. The number of benzene rings is 1. The SMILES string of the molecule is COc1ccc(F)cc1C(C(CN)C(C)C)N(C)C. The largest absolute Gasteiger partial charge is 0.496 e. The van der Waals surface area contributed by atoms with Crippen molar-refractivity contribution in [1.29, 1.82) is 0 Å². The van der Waals surface area contributed by atoms with E-state index in [0.717, 1.165) is 5.56 Å². The van der Waals surface area contributed by atoms with Crippen LogP contribution >= 0.6 is 0 Å². The summed E-state index contributed by atoms with van der Waals surface area (Å²) in [6.07, 6.45) is 0. The zero-order valence-electron chi connectivity index (χ0n) is 12.5. The predicted octanol–water partition coefficient (Wildman–Crippen LogP) is 2.67. The van der Waals surface area contributed by atoms with Crippen molar-refractivity contribution in [2.45, 2.75) is 19.9 Å². The van der Waals surface area contributed by atoms with Gasteiger partial charge < -0.3 is 15.4 Å². The summed E-state index contributed by atoms with van der Waals surface area (Å²) in [5.74, 6) is 1.11. The van der Waals surface area contributed by atoms with Gasteiger partial charge in [0.15, 0.2) is 0 Å². The first-order valence-electron chi connectivity index (χ1n) is 6.62. The van der Waals surface area contributed by atoms with Crippen molar-refractivity contribution in [1.82, 2.24) is 4.90 Å². The molecule has 2 unspecified atom stereocenters. The van der Waals surface area contributed by atoms with Gasteiger partial charge in [0.1, 0.15) is 11.6 Å². The molecule has 0 aliphatic carbocycles. The van der Waals surface area contributed by atoms with E-state index in [0.29, 0.717) is 18.2 Å². The maximum absolute atomic E-state index is 13.6. The van der Waals surface area contributed by atoms with Gasteiger partial charge in [-0.1, -0.05) is 13.8 Å². The summed E-state index contributed by atoms with van der Waals surface area (Å²) >= 11 is 0. The Hall–Kier alpha value is -1.13. The van der Waals surface area contributed by atoms with Crippen molar-refractivity contribution in [3.05, 3.63) is 29.6 Å². The summed E-state index contributed by atoms with van der Waals surface area (Å²) in [4.78, 5) is 2.08. The molecule has 2 N–H and O–H groups in total. The van der Waals surface area contributed by atoms with Gasteiger partial charge >= 0.3 is 0 Å². The molecule has 1 aromatic rings. The molecule has 0 aromatic heterocycles. The Balaban J connectivity index is 3.29. The van der Waals surface area contributed by atoms with Gasteiger partial charge in [0.05, 0.1) is 7.11 Å². The summed E-state index contributed by atoms with van der Waals surface area (Å²) in [7, 11) is 5.58. The molecule has 0 amide bonds. The molecule has 3 nitrogen and oxygen atoms in total. The van der Waals surface area contributed by atoms with Crippen molar-refractivity contribution >= 4 is 0 Å². The van der Waals surface area contributed by atoms with Gasteiger partial charge in [-0.2, -0.15) is 0 Å². The number of nitrogens with zero attached hydrogens (tertiary/aromatic N) is 1. The molecule has 0 bridgehead atoms. The topological polar surface area (TPSA) is 38.5 Å². The third kappa shape index (κ3) is 3.67. The zero-order chi connectivity index (χ0) is 14.6. The summed E-state index contributed by atoms with van der Waals surface area (Å²) in [6, 6.07) is 4.68. The zero-order valence-corrected chi connectivity index (χ0v) is 12.5. The molecule has 1 aromatic carbocycles. The van der Waals surface area contributed by atoms with Crippen molar-refractivity contribution in [2.75, 3.05) is 27.7 Å². The van der Waals surface area contributed by atoms with Crippen LogP contribution in [0.1, 0.15) is 25.5 Å². The lowest BCUT2D eigenvalue weighted by atomic mass is 9.83. The highest BCUT2D eigenvalue weighted by atomic mass is 19.1. The number of ether oxygens (including phenoxy) is 1. The Morgan fingerprint density at radius 1 is 1.32 bits per heavy atom. The van der Waals surface area contributed by atoms with Gasteiger partial charge in [-0.05, 0) is 50.7 Å². The van der Waals surface area contributed by atoms with Crippen molar-refractivity contribution in [3.8, 4) is 5.75 Å². The van der Waals surface area contributed by atoms with Gasteiger partial charge in [-0.15, -0.1) is 0 Å². The van der Waals surface area contributed by atoms with Gasteiger partial charge in [-0.3, -0.25) is 0 Å². The highest BCUT2D eigenvalue weighted by Gasteiger charge is 2.29. The van der Waals surface area contributed by atoms with Crippen LogP contribution in [0.5, 0.6) is 5.75 Å². The van der Waals surface area contributed by atoms with Crippen LogP contribution < -0.4 is 10.5 Å². The van der Waals surface area contributed by atoms with Crippen LogP contribution in [0, 0.1) is 17.7 Å². The molecule has 2 atom stereocenters. The number of methoxy groups -OCH3 is 1. The number of hydrogen-bond donors (Lipinski definition) is 1. The van der Waals surface area contributed by atoms with Crippen molar-refractivity contribution < 1.29 is 9.13 Å². The van der Waals surface area contributed by atoms with Crippen LogP contribution in [0.15, 0.2) is 18.2 Å². The highest BCUT2D eigenvalue weighted by molar-refractivity contribution is 5.37. The van der Waals surface area contributed by atoms with Crippen molar-refractivity contribution in [3.63, 3.8) is 0 Å². The molecule has 0 radical (unpaired) electrons. The van der Waals surface area contributed by atoms with Crippen molar-refractivity contribution in [2.24, 2.45) is 17.6 Å². The molecular weight excluding hydrogens is 243 g/mol. The lowest BCUT2D eigenvalue weighted by molar-refractivity contribution is 0.171. The highest BCUT2D eigenvalue weighted by Crippen LogP contribution is 2.36. The average Bonchev–Trinajstić information content (AvgIpc) is 2.34. The second-order valence-electron chi connectivity index (χ2n) is 5.44. The summed E-state index contributed by atoms with van der Waals surface area (Å²) in [5.41, 5.74) is 6.78. The molecule has 19 heavy (non-hydrogen) atoms. The van der Waals surface area contributed by atoms with Crippen LogP contribution in [0.3, 0.4) is 0 Å². The standard InChI is InChI=1S/C15H25FN2O/c1-10(2)13(9-17)15(18(3)4)12-8-11(16)6-7-14(12)19-5/h6-8,10,13,15H,9,17H2,1-5H3. The van der Waals surface area contributed by atoms with Crippen LogP contribution in [-0.2, 0) is 0 Å². The minimum Gasteiger partial charge on any atom is -0.496 e. The van der Waals surface area contributed by atoms with Crippen LogP contribution in [0.4, 0.5) is 4.39 Å². The van der Waals surface area contributed by atoms with E-state index < -0.39 is 0 Å². The van der Waals surface area contributed by atoms with Gasteiger partial charge in [0, 0.05) is 11.6 Å². The molecule has 1 rings (SSSR count). The van der Waals surface area contributed by atoms with E-state index in [2.05, 4.69) is 18.7 Å². The fraction of sp³-hybridized carbons (Fsp3) is 0.600. The Morgan fingerprint density at radius 3 is 2.37 bits per heavy atom. The lowest BCUT2D eigenvalue weighted by Crippen LogP contribution is -2.35. The normalized spacial score (nSPS) is 14.8. The molecule has 0 fully saturated rings. The van der Waals surface area contributed by atoms with E-state index in [1.165, 1.54) is 6.07 Å². The maximum atomic E-state index is 13.6. The fourth-order valence-electron chi connectivity index (χ4n) is 2.59. The maximum Gasteiger partial charge on any atom is 0.123 e. The molecule has 4 heteroatoms. The third-order valence-corrected chi connectivity index (χ3v) is 3.60. The van der Waals surface area contributed by atoms with E-state index in [1.54, 1.807) is 19.2 Å². The fourth-order valence-corrected chi connectivity index (χ4v) is 2.59. The average molecular weight is 268 g/mol. The first-order chi connectivity index (χ1) is 8.92. The summed E-state index contributed by atoms with van der Waals surface area (Å²) < 4.78 is 18.9. The van der Waals surface area contributed by atoms with Crippen LogP contribution in [0.2, 0.25) is 0 Å². The number of nitrogens with two attached hydrogens (primary N) is 1. The number of rotatable bonds is 6. The molecule has 0 aliphatic rings. The predicted molar refractivity (Wildman–Crippen MR) is 76.8 cm³/mol. The molecule has 0 heterocycles. The minimum absolute atomic E-state index is 0.0376. The molecule has 0 spiro atoms. The van der Waals surface area contributed by atoms with E-state index in [-0.39, 0.29) is 17.8 Å². The quantitative estimate of drug-likeness (QED) is 0.862. The van der Waals surface area contributed by atoms with E-state index in [1.807, 2.05) is 14.1 Å². The molecule has 0 saturated carbocycles. The Labute approximate surface area is 115 Å². The third-order valence-electron chi connectivity index (χ3n) is 3.60. The van der Waals surface area contributed by atoms with Gasteiger partial charge in [0.25, 0.3) is 0 Å². The van der Waals surface area contributed by atoms with E-state index >= 15 is 0 Å². The van der Waals surface area contributed by atoms with Gasteiger partial charge in [-0.25, -0.2) is 4.39 Å². The second-order valence-corrected chi connectivity index (χ2v) is 5.44. The number of hydrogen-bond acceptors (Lipinski definition) is 3. The van der Waals surface area contributed by atoms with E-state index in [9.17, 15) is 4.39 Å². The molecule has 108 valence electrons. The number of halogens is 1. The Bertz CT molecular complexity index is 407. The molecular formula is C15H25FN2O. The summed E-state index contributed by atoms with van der Waals surface area (Å²) in [5, 5.41) is 0. The first-order valence-corrected chi connectivity index (χ1v) is 6.62. The Morgan fingerprint density at radius 2 is 1.95 bits per heavy atom. The van der Waals surface area contributed by atoms with Crippen LogP contribution in [-0.4, -0.2) is 32.6 Å². The smallest absolute Gasteiger partial charge is 0.123 e. The van der Waals surface area contributed by atoms with Crippen LogP contribution in [0.25, 0.3) is 0 Å². The Kier molecular flexibility index (Phi) is 5.76. The lowest BCUT2D eigenvalue weighted by Gasteiger charge is -2.35. The first kappa shape index (κ1) is 15.9. The summed E-state index contributed by atoms with van der Waals surface area (Å²) in [6.45, 7) is 4.83. The molecule has 0 aliphatic heterocycles. The van der Waals surface area contributed by atoms with Gasteiger partial charge in [0.2, 0.25) is 0 Å².